The smallest absolute Gasteiger partial charge is 0.548 e. The number of aliphatic carboxylic acids is 1. The molecule has 0 radical (unpaired) electrons. The number of hydrogen-bond donors (Lipinski definition) is 1. The molecule has 0 aliphatic heterocycles. The van der Waals surface area contributed by atoms with Gasteiger partial charge in [-0.2, -0.15) is 5.90 Å². The van der Waals surface area contributed by atoms with E-state index >= 15 is 0 Å². The van der Waals surface area contributed by atoms with Crippen molar-refractivity contribution in [2.45, 2.75) is 4.90 Å². The fourth-order valence-corrected chi connectivity index (χ4v) is 1.60. The third-order valence-electron chi connectivity index (χ3n) is 1.98. The number of carbonyl (C=O) groups is 1. The minimum atomic E-state index is -1.25. The molecule has 1 aromatic rings. The number of carbonyl (C=O) groups excluding carboxylic acids is 1. The van der Waals surface area contributed by atoms with Crippen molar-refractivity contribution in [2.24, 2.45) is 16.2 Å². The van der Waals surface area contributed by atoms with E-state index in [1.165, 1.54) is 14.2 Å². The zero-order chi connectivity index (χ0) is 15.0. The van der Waals surface area contributed by atoms with Gasteiger partial charge in [0.05, 0.1) is 31.7 Å². The van der Waals surface area contributed by atoms with Gasteiger partial charge < -0.3 is 14.6 Å². The van der Waals surface area contributed by atoms with Crippen LogP contribution in [0.4, 0.5) is 5.69 Å². The summed E-state index contributed by atoms with van der Waals surface area (Å²) in [5, 5.41) is 19.1. The normalized spacial score (nSPS) is 10.2. The molecule has 0 spiro atoms. The summed E-state index contributed by atoms with van der Waals surface area (Å²) in [6.45, 7) is -0.371. The number of carboxylic acids is 1. The molecule has 0 saturated carbocycles. The topological polar surface area (TPSA) is 122 Å². The zero-order valence-corrected chi connectivity index (χ0v) is 14.6. The maximum atomic E-state index is 10.4. The molecule has 1 aromatic carbocycles. The Bertz CT molecular complexity index is 491. The molecule has 0 fully saturated rings. The molecule has 0 amide bonds. The number of rotatable bonds is 8. The first-order valence-corrected chi connectivity index (χ1v) is 6.01. The van der Waals surface area contributed by atoms with Gasteiger partial charge in [0, 0.05) is 11.9 Å². The minimum Gasteiger partial charge on any atom is -0.548 e. The molecule has 0 aliphatic carbocycles. The van der Waals surface area contributed by atoms with E-state index in [2.05, 4.69) is 19.7 Å². The number of hydrogen-bond acceptors (Lipinski definition) is 9. The molecule has 0 unspecified atom stereocenters. The average Bonchev–Trinajstić information content (AvgIpc) is 2.42. The number of benzene rings is 1. The molecule has 9 nitrogen and oxygen atoms in total. The van der Waals surface area contributed by atoms with Crippen LogP contribution in [0.25, 0.3) is 0 Å². The van der Waals surface area contributed by atoms with Crippen molar-refractivity contribution >= 4 is 23.7 Å². The second kappa shape index (κ2) is 10.8. The van der Waals surface area contributed by atoms with Gasteiger partial charge in [0.2, 0.25) is 0 Å². The standard InChI is InChI=1S/C10H14N4O5S.Na/c1-14(6-10(15)16)13-12-8-5-7(20-19-18-11)3-4-9(8)17-2;/h3-5H,6,11H2,1-2H3,(H,15,16);/q;+1/p-1. The molecule has 110 valence electrons. The van der Waals surface area contributed by atoms with Crippen molar-refractivity contribution in [1.29, 1.82) is 0 Å². The molecular weight excluding hydrogens is 311 g/mol. The van der Waals surface area contributed by atoms with Crippen molar-refractivity contribution in [3.8, 4) is 5.75 Å². The molecule has 0 bridgehead atoms. The van der Waals surface area contributed by atoms with E-state index in [1.54, 1.807) is 18.2 Å². The maximum absolute atomic E-state index is 10.4. The van der Waals surface area contributed by atoms with E-state index in [4.69, 9.17) is 10.6 Å². The Hall–Kier alpha value is -0.880. The Balaban J connectivity index is 0.00000400. The predicted molar refractivity (Wildman–Crippen MR) is 67.4 cm³/mol. The molecule has 0 heterocycles. The molecule has 2 N–H and O–H groups in total. The Morgan fingerprint density at radius 2 is 2.24 bits per heavy atom. The van der Waals surface area contributed by atoms with Crippen molar-refractivity contribution in [2.75, 3.05) is 20.7 Å². The third kappa shape index (κ3) is 7.62. The van der Waals surface area contributed by atoms with E-state index < -0.39 is 5.97 Å². The second-order valence-corrected chi connectivity index (χ2v) is 4.23. The van der Waals surface area contributed by atoms with Gasteiger partial charge in [-0.05, 0) is 18.2 Å². The molecule has 0 saturated heterocycles. The average molecular weight is 324 g/mol. The number of nitrogens with two attached hydrogens (primary N) is 1. The van der Waals surface area contributed by atoms with Crippen molar-refractivity contribution < 1.29 is 53.5 Å². The summed E-state index contributed by atoms with van der Waals surface area (Å²) in [5.41, 5.74) is 0.392. The summed E-state index contributed by atoms with van der Waals surface area (Å²) in [6, 6.07) is 4.96. The number of likely N-dealkylation sites (N-methyl/N-ethyl adjacent to an activating group) is 1. The largest absolute Gasteiger partial charge is 1.00 e. The van der Waals surface area contributed by atoms with E-state index in [1.807, 2.05) is 0 Å². The fraction of sp³-hybridized carbons (Fsp3) is 0.300. The Labute approximate surface area is 147 Å². The Morgan fingerprint density at radius 3 is 2.81 bits per heavy atom. The van der Waals surface area contributed by atoms with Crippen molar-refractivity contribution in [3.05, 3.63) is 18.2 Å². The minimum absolute atomic E-state index is 0. The van der Waals surface area contributed by atoms with Crippen molar-refractivity contribution in [1.82, 2.24) is 5.01 Å². The van der Waals surface area contributed by atoms with Crippen LogP contribution >= 0.6 is 12.0 Å². The number of ether oxygens (including phenoxy) is 1. The first-order chi connectivity index (χ1) is 9.56. The maximum Gasteiger partial charge on any atom is 1.00 e. The zero-order valence-electron chi connectivity index (χ0n) is 11.8. The van der Waals surface area contributed by atoms with Crippen LogP contribution < -0.4 is 45.3 Å². The van der Waals surface area contributed by atoms with Crippen molar-refractivity contribution in [3.63, 3.8) is 0 Å². The van der Waals surface area contributed by atoms with E-state index in [0.29, 0.717) is 16.3 Å². The van der Waals surface area contributed by atoms with Crippen LogP contribution in [-0.2, 0) is 14.1 Å². The molecule has 0 atom stereocenters. The van der Waals surface area contributed by atoms with Gasteiger partial charge in [-0.15, -0.1) is 14.4 Å². The van der Waals surface area contributed by atoms with E-state index in [0.717, 1.165) is 17.1 Å². The van der Waals surface area contributed by atoms with Gasteiger partial charge in [-0.25, -0.2) is 0 Å². The van der Waals surface area contributed by atoms with E-state index in [9.17, 15) is 9.90 Å². The monoisotopic (exact) mass is 324 g/mol. The number of carboxylic acid groups (broad SMARTS) is 1. The molecule has 21 heavy (non-hydrogen) atoms. The predicted octanol–water partition coefficient (Wildman–Crippen LogP) is -2.79. The molecule has 0 aromatic heterocycles. The van der Waals surface area contributed by atoms with Gasteiger partial charge in [-0.3, -0.25) is 5.01 Å². The molecule has 0 aliphatic rings. The van der Waals surface area contributed by atoms with Gasteiger partial charge in [0.1, 0.15) is 11.4 Å². The Kier molecular flexibility index (Phi) is 10.3. The quantitative estimate of drug-likeness (QED) is 0.179. The summed E-state index contributed by atoms with van der Waals surface area (Å²) in [7, 11) is 2.93. The summed E-state index contributed by atoms with van der Waals surface area (Å²) >= 11 is 0.877. The van der Waals surface area contributed by atoms with Crippen LogP contribution in [0.3, 0.4) is 0 Å². The van der Waals surface area contributed by atoms with Gasteiger partial charge in [-0.1, -0.05) is 5.22 Å². The van der Waals surface area contributed by atoms with Crippen LogP contribution in [0.2, 0.25) is 0 Å². The summed E-state index contributed by atoms with van der Waals surface area (Å²) in [4.78, 5) is 15.0. The summed E-state index contributed by atoms with van der Waals surface area (Å²) in [6.07, 6.45) is 0. The van der Waals surface area contributed by atoms with Crippen LogP contribution in [-0.4, -0.2) is 31.7 Å². The first-order valence-electron chi connectivity index (χ1n) is 5.27. The third-order valence-corrected chi connectivity index (χ3v) is 2.58. The van der Waals surface area contributed by atoms with Crippen LogP contribution in [0.15, 0.2) is 33.4 Å². The summed E-state index contributed by atoms with van der Waals surface area (Å²) < 4.78 is 9.62. The summed E-state index contributed by atoms with van der Waals surface area (Å²) in [5.74, 6) is 3.95. The number of methoxy groups -OCH3 is 1. The van der Waals surface area contributed by atoms with Crippen LogP contribution in [0.1, 0.15) is 0 Å². The number of nitrogens with zero attached hydrogens (tertiary/aromatic N) is 3. The second-order valence-electron chi connectivity index (χ2n) is 3.46. The van der Waals surface area contributed by atoms with Gasteiger partial charge in [0.25, 0.3) is 0 Å². The van der Waals surface area contributed by atoms with Crippen LogP contribution in [0.5, 0.6) is 5.75 Å². The van der Waals surface area contributed by atoms with Gasteiger partial charge in [0.15, 0.2) is 0 Å². The molecule has 1 rings (SSSR count). The van der Waals surface area contributed by atoms with Crippen LogP contribution in [0, 0.1) is 0 Å². The fourth-order valence-electron chi connectivity index (χ4n) is 1.20. The first kappa shape index (κ1) is 20.1. The molecule has 11 heteroatoms. The van der Waals surface area contributed by atoms with Gasteiger partial charge >= 0.3 is 29.6 Å². The SMILES string of the molecule is COc1ccc(SOON)cc1N=NN(C)CC(=O)[O-].[Na+]. The molecular formula is C10H13N4NaO5S. The Morgan fingerprint density at radius 1 is 1.52 bits per heavy atom. The van der Waals surface area contributed by atoms with E-state index in [-0.39, 0.29) is 36.1 Å².